The van der Waals surface area contributed by atoms with Crippen molar-refractivity contribution in [3.05, 3.63) is 52.6 Å². The summed E-state index contributed by atoms with van der Waals surface area (Å²) >= 11 is 0. The Morgan fingerprint density at radius 2 is 1.97 bits per heavy atom. The summed E-state index contributed by atoms with van der Waals surface area (Å²) in [6.07, 6.45) is 2.20. The van der Waals surface area contributed by atoms with Crippen LogP contribution < -0.4 is 10.9 Å². The van der Waals surface area contributed by atoms with Gasteiger partial charge in [-0.05, 0) is 25.8 Å². The Hall–Kier alpha value is -3.49. The molecule has 3 aromatic rings. The Labute approximate surface area is 173 Å². The van der Waals surface area contributed by atoms with E-state index in [4.69, 9.17) is 0 Å². The first-order chi connectivity index (χ1) is 14.5. The molecule has 0 unspecified atom stereocenters. The van der Waals surface area contributed by atoms with Crippen molar-refractivity contribution in [2.24, 2.45) is 0 Å². The van der Waals surface area contributed by atoms with E-state index in [0.29, 0.717) is 43.0 Å². The zero-order chi connectivity index (χ0) is 21.1. The van der Waals surface area contributed by atoms with Crippen LogP contribution in [0.5, 0.6) is 0 Å². The number of aryl methyl sites for hydroxylation is 1. The lowest BCUT2D eigenvalue weighted by atomic mass is 10.1. The Bertz CT molecular complexity index is 1130. The van der Waals surface area contributed by atoms with E-state index in [1.807, 2.05) is 35.2 Å². The predicted octanol–water partition coefficient (Wildman–Crippen LogP) is 0.995. The smallest absolute Gasteiger partial charge is 0.293 e. The summed E-state index contributed by atoms with van der Waals surface area (Å²) in [4.78, 5) is 38.5. The van der Waals surface area contributed by atoms with E-state index < -0.39 is 0 Å². The number of fused-ring (bicyclic) bond motifs is 1. The molecule has 30 heavy (non-hydrogen) atoms. The highest BCUT2D eigenvalue weighted by atomic mass is 16.2. The van der Waals surface area contributed by atoms with Crippen LogP contribution in [0.3, 0.4) is 0 Å². The van der Waals surface area contributed by atoms with E-state index in [1.165, 1.54) is 9.20 Å². The van der Waals surface area contributed by atoms with Crippen LogP contribution in [-0.4, -0.2) is 55.7 Å². The Morgan fingerprint density at radius 1 is 1.17 bits per heavy atom. The molecule has 2 amide bonds. The minimum absolute atomic E-state index is 0.162. The lowest BCUT2D eigenvalue weighted by molar-refractivity contribution is -0.127. The van der Waals surface area contributed by atoms with Crippen LogP contribution in [-0.2, 0) is 16.1 Å². The first-order valence-corrected chi connectivity index (χ1v) is 10.1. The highest BCUT2D eigenvalue weighted by molar-refractivity contribution is 5.78. The summed E-state index contributed by atoms with van der Waals surface area (Å²) in [6.45, 7) is 3.46. The van der Waals surface area contributed by atoms with E-state index in [-0.39, 0.29) is 23.9 Å². The summed E-state index contributed by atoms with van der Waals surface area (Å²) in [5.41, 5.74) is 1.59. The van der Waals surface area contributed by atoms with Gasteiger partial charge in [-0.25, -0.2) is 9.20 Å². The molecule has 0 saturated carbocycles. The third-order valence-corrected chi connectivity index (χ3v) is 5.20. The molecule has 9 nitrogen and oxygen atoms in total. The van der Waals surface area contributed by atoms with Gasteiger partial charge in [0.15, 0.2) is 0 Å². The summed E-state index contributed by atoms with van der Waals surface area (Å²) < 4.78 is 2.67. The number of rotatable bonds is 7. The van der Waals surface area contributed by atoms with E-state index >= 15 is 0 Å². The quantitative estimate of drug-likeness (QED) is 0.588. The van der Waals surface area contributed by atoms with Crippen LogP contribution in [0.15, 0.2) is 41.2 Å². The zero-order valence-electron chi connectivity index (χ0n) is 16.9. The number of nitrogens with one attached hydrogen (secondary N) is 1. The van der Waals surface area contributed by atoms with Gasteiger partial charge in [0.2, 0.25) is 11.8 Å². The SMILES string of the molecule is Cc1nn(CC(=O)NCCCN2CCCC2=O)c(=O)c2cc(-c3ccccc3)nn12. The summed E-state index contributed by atoms with van der Waals surface area (Å²) in [5, 5.41) is 11.5. The van der Waals surface area contributed by atoms with Crippen molar-refractivity contribution in [2.45, 2.75) is 32.7 Å². The topological polar surface area (TPSA) is 102 Å². The van der Waals surface area contributed by atoms with Crippen LogP contribution in [0.4, 0.5) is 0 Å². The van der Waals surface area contributed by atoms with Gasteiger partial charge >= 0.3 is 0 Å². The van der Waals surface area contributed by atoms with Gasteiger partial charge in [0.1, 0.15) is 17.9 Å². The van der Waals surface area contributed by atoms with Crippen molar-refractivity contribution < 1.29 is 9.59 Å². The van der Waals surface area contributed by atoms with Crippen molar-refractivity contribution in [1.82, 2.24) is 29.6 Å². The number of carbonyl (C=O) groups excluding carboxylic acids is 2. The van der Waals surface area contributed by atoms with Gasteiger partial charge in [-0.15, -0.1) is 0 Å². The predicted molar refractivity (Wildman–Crippen MR) is 111 cm³/mol. The summed E-state index contributed by atoms with van der Waals surface area (Å²) in [5.74, 6) is 0.410. The molecule has 3 heterocycles. The number of hydrogen-bond acceptors (Lipinski definition) is 5. The summed E-state index contributed by atoms with van der Waals surface area (Å²) in [7, 11) is 0. The minimum atomic E-state index is -0.368. The maximum absolute atomic E-state index is 12.8. The molecule has 0 radical (unpaired) electrons. The number of nitrogens with zero attached hydrogens (tertiary/aromatic N) is 5. The largest absolute Gasteiger partial charge is 0.354 e. The van der Waals surface area contributed by atoms with Crippen LogP contribution in [0.2, 0.25) is 0 Å². The zero-order valence-corrected chi connectivity index (χ0v) is 16.9. The van der Waals surface area contributed by atoms with Crippen molar-refractivity contribution in [3.8, 4) is 11.3 Å². The van der Waals surface area contributed by atoms with Gasteiger partial charge in [-0.3, -0.25) is 14.4 Å². The Kier molecular flexibility index (Phi) is 5.60. The van der Waals surface area contributed by atoms with Gasteiger partial charge in [-0.2, -0.15) is 10.2 Å². The van der Waals surface area contributed by atoms with E-state index in [9.17, 15) is 14.4 Å². The fourth-order valence-corrected chi connectivity index (χ4v) is 3.66. The number of benzene rings is 1. The van der Waals surface area contributed by atoms with Gasteiger partial charge < -0.3 is 10.2 Å². The molecule has 1 N–H and O–H groups in total. The van der Waals surface area contributed by atoms with Gasteiger partial charge in [-0.1, -0.05) is 30.3 Å². The van der Waals surface area contributed by atoms with Gasteiger partial charge in [0, 0.05) is 31.6 Å². The second-order valence-electron chi connectivity index (χ2n) is 7.39. The first-order valence-electron chi connectivity index (χ1n) is 10.1. The number of likely N-dealkylation sites (tertiary alicyclic amines) is 1. The molecular formula is C21H24N6O3. The third kappa shape index (κ3) is 4.10. The molecule has 1 fully saturated rings. The van der Waals surface area contributed by atoms with Crippen LogP contribution in [0.25, 0.3) is 16.8 Å². The molecule has 0 atom stereocenters. The second-order valence-corrected chi connectivity index (χ2v) is 7.39. The van der Waals surface area contributed by atoms with Crippen LogP contribution in [0, 0.1) is 6.92 Å². The molecule has 0 bridgehead atoms. The normalized spacial score (nSPS) is 13.9. The lowest BCUT2D eigenvalue weighted by Gasteiger charge is -2.15. The number of amides is 2. The van der Waals surface area contributed by atoms with Crippen molar-refractivity contribution >= 4 is 17.3 Å². The van der Waals surface area contributed by atoms with Gasteiger partial charge in [0.25, 0.3) is 5.56 Å². The molecular weight excluding hydrogens is 384 g/mol. The minimum Gasteiger partial charge on any atom is -0.354 e. The third-order valence-electron chi connectivity index (χ3n) is 5.20. The van der Waals surface area contributed by atoms with Crippen LogP contribution >= 0.6 is 0 Å². The van der Waals surface area contributed by atoms with E-state index in [2.05, 4.69) is 15.5 Å². The molecule has 156 valence electrons. The number of hydrogen-bond donors (Lipinski definition) is 1. The number of carbonyl (C=O) groups is 2. The van der Waals surface area contributed by atoms with E-state index in [1.54, 1.807) is 13.0 Å². The molecule has 4 rings (SSSR count). The Balaban J connectivity index is 1.42. The van der Waals surface area contributed by atoms with Crippen molar-refractivity contribution in [1.29, 1.82) is 0 Å². The maximum atomic E-state index is 12.8. The fraction of sp³-hybridized carbons (Fsp3) is 0.381. The summed E-state index contributed by atoms with van der Waals surface area (Å²) in [6, 6.07) is 11.3. The van der Waals surface area contributed by atoms with Gasteiger partial charge in [0.05, 0.1) is 5.69 Å². The second kappa shape index (κ2) is 8.48. The standard InChI is InChI=1S/C21H24N6O3/c1-15-23-26(14-19(28)22-10-6-12-25-11-5-9-20(25)29)21(30)18-13-17(24-27(15)18)16-7-3-2-4-8-16/h2-4,7-8,13H,5-6,9-12,14H2,1H3,(H,22,28). The average Bonchev–Trinajstić information content (AvgIpc) is 3.37. The molecule has 1 aromatic carbocycles. The fourth-order valence-electron chi connectivity index (χ4n) is 3.66. The molecule has 1 aliphatic rings. The Morgan fingerprint density at radius 3 is 2.70 bits per heavy atom. The number of aromatic nitrogens is 4. The maximum Gasteiger partial charge on any atom is 0.293 e. The van der Waals surface area contributed by atoms with E-state index in [0.717, 1.165) is 18.5 Å². The average molecular weight is 408 g/mol. The highest BCUT2D eigenvalue weighted by Crippen LogP contribution is 2.18. The molecule has 0 spiro atoms. The monoisotopic (exact) mass is 408 g/mol. The molecule has 1 saturated heterocycles. The van der Waals surface area contributed by atoms with Crippen molar-refractivity contribution in [3.63, 3.8) is 0 Å². The van der Waals surface area contributed by atoms with Crippen molar-refractivity contribution in [2.75, 3.05) is 19.6 Å². The van der Waals surface area contributed by atoms with Crippen LogP contribution in [0.1, 0.15) is 25.1 Å². The molecule has 9 heteroatoms. The first kappa shape index (κ1) is 19.8. The molecule has 1 aliphatic heterocycles. The lowest BCUT2D eigenvalue weighted by Crippen LogP contribution is -2.36. The molecule has 0 aliphatic carbocycles. The molecule has 2 aromatic heterocycles. The highest BCUT2D eigenvalue weighted by Gasteiger charge is 2.19.